The highest BCUT2D eigenvalue weighted by atomic mass is 35.5. The van der Waals surface area contributed by atoms with Crippen molar-refractivity contribution in [1.82, 2.24) is 5.32 Å². The van der Waals surface area contributed by atoms with Gasteiger partial charge in [-0.15, -0.1) is 0 Å². The molecule has 0 aliphatic rings. The second-order valence-corrected chi connectivity index (χ2v) is 5.80. The van der Waals surface area contributed by atoms with Gasteiger partial charge in [0.25, 0.3) is 0 Å². The fourth-order valence-electron chi connectivity index (χ4n) is 1.99. The summed E-state index contributed by atoms with van der Waals surface area (Å²) >= 11 is 12.2. The van der Waals surface area contributed by atoms with Crippen molar-refractivity contribution in [1.29, 1.82) is 0 Å². The minimum atomic E-state index is 0.611. The molecule has 112 valence electrons. The van der Waals surface area contributed by atoms with Crippen LogP contribution in [0.15, 0.2) is 36.4 Å². The molecular weight excluding hydrogens is 305 g/mol. The van der Waals surface area contributed by atoms with Crippen LogP contribution in [0.2, 0.25) is 10.0 Å². The van der Waals surface area contributed by atoms with E-state index < -0.39 is 0 Å². The molecule has 0 spiro atoms. The Hall–Kier alpha value is -1.22. The molecule has 0 aliphatic heterocycles. The van der Waals surface area contributed by atoms with E-state index >= 15 is 0 Å². The molecule has 0 radical (unpaired) electrons. The Morgan fingerprint density at radius 1 is 1.05 bits per heavy atom. The van der Waals surface area contributed by atoms with E-state index in [1.165, 1.54) is 0 Å². The molecular formula is C17H19Cl2NO. The van der Waals surface area contributed by atoms with E-state index in [1.54, 1.807) is 6.07 Å². The Morgan fingerprint density at radius 3 is 2.48 bits per heavy atom. The molecule has 0 bridgehead atoms. The van der Waals surface area contributed by atoms with E-state index in [0.717, 1.165) is 36.4 Å². The molecule has 0 saturated carbocycles. The van der Waals surface area contributed by atoms with Gasteiger partial charge in [-0.2, -0.15) is 0 Å². The maximum absolute atomic E-state index is 6.30. The predicted octanol–water partition coefficient (Wildman–Crippen LogP) is 5.59. The Kier molecular flexibility index (Phi) is 5.92. The van der Waals surface area contributed by atoms with Crippen LogP contribution in [0.25, 0.3) is 0 Å². The third kappa shape index (κ3) is 4.63. The topological polar surface area (TPSA) is 21.3 Å². The van der Waals surface area contributed by atoms with Gasteiger partial charge in [0.15, 0.2) is 0 Å². The standard InChI is InChI=1S/C17H19Cl2NO/c1-3-8-20-11-13-4-6-17(15(19)10-13)21-16-7-5-14(18)9-12(16)2/h4-7,9-10,20H,3,8,11H2,1-2H3. The number of rotatable bonds is 6. The van der Waals surface area contributed by atoms with Gasteiger partial charge in [0, 0.05) is 11.6 Å². The summed E-state index contributed by atoms with van der Waals surface area (Å²) in [5.41, 5.74) is 2.13. The lowest BCUT2D eigenvalue weighted by Gasteiger charge is -2.12. The van der Waals surface area contributed by atoms with Crippen molar-refractivity contribution in [2.75, 3.05) is 6.54 Å². The fourth-order valence-corrected chi connectivity index (χ4v) is 2.46. The summed E-state index contributed by atoms with van der Waals surface area (Å²) in [6, 6.07) is 11.4. The van der Waals surface area contributed by atoms with Crippen LogP contribution >= 0.6 is 23.2 Å². The molecule has 0 fully saturated rings. The molecule has 0 heterocycles. The van der Waals surface area contributed by atoms with E-state index in [0.29, 0.717) is 15.8 Å². The average molecular weight is 324 g/mol. The van der Waals surface area contributed by atoms with E-state index in [-0.39, 0.29) is 0 Å². The van der Waals surface area contributed by atoms with Crippen molar-refractivity contribution in [3.63, 3.8) is 0 Å². The van der Waals surface area contributed by atoms with Gasteiger partial charge in [-0.05, 0) is 61.3 Å². The van der Waals surface area contributed by atoms with Crippen molar-refractivity contribution in [3.8, 4) is 11.5 Å². The summed E-state index contributed by atoms with van der Waals surface area (Å²) in [7, 11) is 0. The highest BCUT2D eigenvalue weighted by molar-refractivity contribution is 6.32. The zero-order valence-corrected chi connectivity index (χ0v) is 13.8. The zero-order valence-electron chi connectivity index (χ0n) is 12.2. The molecule has 0 saturated heterocycles. The second kappa shape index (κ2) is 7.69. The highest BCUT2D eigenvalue weighted by Gasteiger charge is 2.07. The first kappa shape index (κ1) is 16.2. The first-order chi connectivity index (χ1) is 10.1. The van der Waals surface area contributed by atoms with Gasteiger partial charge in [0.1, 0.15) is 11.5 Å². The monoisotopic (exact) mass is 323 g/mol. The number of benzene rings is 2. The van der Waals surface area contributed by atoms with E-state index in [2.05, 4.69) is 12.2 Å². The lowest BCUT2D eigenvalue weighted by Crippen LogP contribution is -2.13. The minimum absolute atomic E-state index is 0.611. The molecule has 21 heavy (non-hydrogen) atoms. The number of hydrogen-bond donors (Lipinski definition) is 1. The van der Waals surface area contributed by atoms with Crippen LogP contribution in [-0.2, 0) is 6.54 Å². The lowest BCUT2D eigenvalue weighted by molar-refractivity contribution is 0.479. The third-order valence-corrected chi connectivity index (χ3v) is 3.64. The van der Waals surface area contributed by atoms with Gasteiger partial charge < -0.3 is 10.1 Å². The molecule has 0 aliphatic carbocycles. The van der Waals surface area contributed by atoms with Gasteiger partial charge in [-0.3, -0.25) is 0 Å². The van der Waals surface area contributed by atoms with Crippen molar-refractivity contribution < 1.29 is 4.74 Å². The maximum atomic E-state index is 6.30. The first-order valence-corrected chi connectivity index (χ1v) is 7.79. The average Bonchev–Trinajstić information content (AvgIpc) is 2.44. The first-order valence-electron chi connectivity index (χ1n) is 7.03. The van der Waals surface area contributed by atoms with E-state index in [4.69, 9.17) is 27.9 Å². The van der Waals surface area contributed by atoms with Gasteiger partial charge >= 0.3 is 0 Å². The van der Waals surface area contributed by atoms with E-state index in [9.17, 15) is 0 Å². The number of hydrogen-bond acceptors (Lipinski definition) is 2. The Balaban J connectivity index is 2.10. The Bertz CT molecular complexity index is 614. The largest absolute Gasteiger partial charge is 0.456 e. The quantitative estimate of drug-likeness (QED) is 0.699. The summed E-state index contributed by atoms with van der Waals surface area (Å²) < 4.78 is 5.86. The van der Waals surface area contributed by atoms with Crippen molar-refractivity contribution in [2.24, 2.45) is 0 Å². The number of ether oxygens (including phenoxy) is 1. The lowest BCUT2D eigenvalue weighted by atomic mass is 10.2. The number of nitrogens with one attached hydrogen (secondary N) is 1. The zero-order chi connectivity index (χ0) is 15.2. The maximum Gasteiger partial charge on any atom is 0.146 e. The smallest absolute Gasteiger partial charge is 0.146 e. The molecule has 4 heteroatoms. The van der Waals surface area contributed by atoms with Crippen LogP contribution in [0.3, 0.4) is 0 Å². The van der Waals surface area contributed by atoms with Gasteiger partial charge in [-0.1, -0.05) is 36.2 Å². The molecule has 1 N–H and O–H groups in total. The third-order valence-electron chi connectivity index (χ3n) is 3.11. The molecule has 0 amide bonds. The molecule has 0 aromatic heterocycles. The van der Waals surface area contributed by atoms with Crippen molar-refractivity contribution in [2.45, 2.75) is 26.8 Å². The van der Waals surface area contributed by atoms with Crippen LogP contribution in [0.5, 0.6) is 11.5 Å². The normalized spacial score (nSPS) is 10.7. The molecule has 2 nitrogen and oxygen atoms in total. The van der Waals surface area contributed by atoms with Gasteiger partial charge in [-0.25, -0.2) is 0 Å². The van der Waals surface area contributed by atoms with Crippen LogP contribution in [0.1, 0.15) is 24.5 Å². The molecule has 2 rings (SSSR count). The summed E-state index contributed by atoms with van der Waals surface area (Å²) in [6.45, 7) is 5.91. The molecule has 2 aromatic carbocycles. The summed E-state index contributed by atoms with van der Waals surface area (Å²) in [6.07, 6.45) is 1.12. The molecule has 2 aromatic rings. The Labute approximate surface area is 136 Å². The van der Waals surface area contributed by atoms with Crippen molar-refractivity contribution >= 4 is 23.2 Å². The van der Waals surface area contributed by atoms with Crippen LogP contribution in [0, 0.1) is 6.92 Å². The fraction of sp³-hybridized carbons (Fsp3) is 0.294. The predicted molar refractivity (Wildman–Crippen MR) is 89.7 cm³/mol. The van der Waals surface area contributed by atoms with Crippen LogP contribution in [-0.4, -0.2) is 6.54 Å². The Morgan fingerprint density at radius 2 is 1.81 bits per heavy atom. The molecule has 0 unspecified atom stereocenters. The minimum Gasteiger partial charge on any atom is -0.456 e. The van der Waals surface area contributed by atoms with Gasteiger partial charge in [0.2, 0.25) is 0 Å². The van der Waals surface area contributed by atoms with Crippen molar-refractivity contribution in [3.05, 3.63) is 57.6 Å². The SMILES string of the molecule is CCCNCc1ccc(Oc2ccc(Cl)cc2C)c(Cl)c1. The molecule has 0 atom stereocenters. The van der Waals surface area contributed by atoms with Gasteiger partial charge in [0.05, 0.1) is 5.02 Å². The summed E-state index contributed by atoms with van der Waals surface area (Å²) in [5.74, 6) is 1.42. The summed E-state index contributed by atoms with van der Waals surface area (Å²) in [5, 5.41) is 4.66. The second-order valence-electron chi connectivity index (χ2n) is 4.95. The summed E-state index contributed by atoms with van der Waals surface area (Å²) in [4.78, 5) is 0. The number of halogens is 2. The van der Waals surface area contributed by atoms with Crippen LogP contribution in [0.4, 0.5) is 0 Å². The highest BCUT2D eigenvalue weighted by Crippen LogP contribution is 2.32. The van der Waals surface area contributed by atoms with Crippen LogP contribution < -0.4 is 10.1 Å². The van der Waals surface area contributed by atoms with E-state index in [1.807, 2.05) is 37.3 Å². The number of aryl methyl sites for hydroxylation is 1.